The van der Waals surface area contributed by atoms with E-state index in [0.29, 0.717) is 6.42 Å². The van der Waals surface area contributed by atoms with Gasteiger partial charge < -0.3 is 5.32 Å². The second-order valence-electron chi connectivity index (χ2n) is 3.78. The van der Waals surface area contributed by atoms with E-state index in [0.717, 1.165) is 18.8 Å². The summed E-state index contributed by atoms with van der Waals surface area (Å²) in [5.41, 5.74) is 1.31. The predicted molar refractivity (Wildman–Crippen MR) is 77.4 cm³/mol. The maximum absolute atomic E-state index is 10.8. The van der Waals surface area contributed by atoms with Gasteiger partial charge in [-0.2, -0.15) is 0 Å². The van der Waals surface area contributed by atoms with Gasteiger partial charge >= 0.3 is 0 Å². The number of carbonyl (C=O) groups excluding carboxylic acids is 1. The van der Waals surface area contributed by atoms with Crippen LogP contribution in [-0.4, -0.2) is 18.1 Å². The van der Waals surface area contributed by atoms with Gasteiger partial charge in [0.2, 0.25) is 0 Å². The van der Waals surface area contributed by atoms with E-state index in [1.165, 1.54) is 10.5 Å². The smallest absolute Gasteiger partial charge is 0.130 e. The molecule has 1 rings (SSSR count). The van der Waals surface area contributed by atoms with Crippen LogP contribution in [0.4, 0.5) is 0 Å². The monoisotopic (exact) mass is 269 g/mol. The molecule has 0 amide bonds. The SMILES string of the molecule is CCNCc1ccc(SSCCC(C)=O)cc1. The quantitative estimate of drug-likeness (QED) is 0.577. The molecule has 0 aromatic heterocycles. The Labute approximate surface area is 111 Å². The molecule has 1 aromatic rings. The van der Waals surface area contributed by atoms with Crippen LogP contribution in [0.5, 0.6) is 0 Å². The number of rotatable bonds is 8. The number of carbonyl (C=O) groups is 1. The van der Waals surface area contributed by atoms with Crippen LogP contribution < -0.4 is 5.32 Å². The van der Waals surface area contributed by atoms with E-state index in [1.807, 2.05) is 0 Å². The molecule has 0 heterocycles. The van der Waals surface area contributed by atoms with Gasteiger partial charge in [0.1, 0.15) is 5.78 Å². The molecule has 0 fully saturated rings. The number of Topliss-reactive ketones (excluding diaryl/α,β-unsaturated/α-hetero) is 1. The van der Waals surface area contributed by atoms with E-state index < -0.39 is 0 Å². The van der Waals surface area contributed by atoms with Crippen molar-refractivity contribution in [2.45, 2.75) is 31.7 Å². The van der Waals surface area contributed by atoms with Crippen LogP contribution in [0.1, 0.15) is 25.8 Å². The molecule has 0 aliphatic rings. The zero-order chi connectivity index (χ0) is 12.5. The van der Waals surface area contributed by atoms with Gasteiger partial charge in [0.05, 0.1) is 0 Å². The van der Waals surface area contributed by atoms with Gasteiger partial charge in [0.25, 0.3) is 0 Å². The molecule has 2 nitrogen and oxygen atoms in total. The number of nitrogens with one attached hydrogen (secondary N) is 1. The minimum absolute atomic E-state index is 0.263. The Bertz CT molecular complexity index is 338. The fourth-order valence-corrected chi connectivity index (χ4v) is 3.31. The highest BCUT2D eigenvalue weighted by Gasteiger charge is 1.98. The zero-order valence-electron chi connectivity index (χ0n) is 10.4. The lowest BCUT2D eigenvalue weighted by Gasteiger charge is -2.04. The molecule has 17 heavy (non-hydrogen) atoms. The van der Waals surface area contributed by atoms with E-state index in [9.17, 15) is 4.79 Å². The summed E-state index contributed by atoms with van der Waals surface area (Å²) < 4.78 is 0. The fourth-order valence-electron chi connectivity index (χ4n) is 1.23. The predicted octanol–water partition coefficient (Wildman–Crippen LogP) is 3.52. The average Bonchev–Trinajstić information content (AvgIpc) is 2.33. The van der Waals surface area contributed by atoms with Gasteiger partial charge in [0.15, 0.2) is 0 Å². The lowest BCUT2D eigenvalue weighted by molar-refractivity contribution is -0.116. The number of hydrogen-bond acceptors (Lipinski definition) is 4. The normalized spacial score (nSPS) is 10.5. The van der Waals surface area contributed by atoms with Crippen molar-refractivity contribution in [2.75, 3.05) is 12.3 Å². The minimum Gasteiger partial charge on any atom is -0.313 e. The van der Waals surface area contributed by atoms with Crippen molar-refractivity contribution in [3.8, 4) is 0 Å². The molecule has 0 radical (unpaired) electrons. The van der Waals surface area contributed by atoms with Gasteiger partial charge in [-0.25, -0.2) is 0 Å². The average molecular weight is 269 g/mol. The van der Waals surface area contributed by atoms with Crippen molar-refractivity contribution < 1.29 is 4.79 Å². The second kappa shape index (κ2) is 8.61. The van der Waals surface area contributed by atoms with E-state index in [-0.39, 0.29) is 5.78 Å². The Morgan fingerprint density at radius 1 is 1.29 bits per heavy atom. The molecule has 0 bridgehead atoms. The number of benzene rings is 1. The van der Waals surface area contributed by atoms with Crippen LogP contribution in [0.3, 0.4) is 0 Å². The Hall–Kier alpha value is -0.450. The minimum atomic E-state index is 0.263. The van der Waals surface area contributed by atoms with Gasteiger partial charge in [-0.1, -0.05) is 40.6 Å². The first-order valence-corrected chi connectivity index (χ1v) is 8.13. The van der Waals surface area contributed by atoms with Gasteiger partial charge in [0, 0.05) is 23.6 Å². The summed E-state index contributed by atoms with van der Waals surface area (Å²) in [6.45, 7) is 5.67. The van der Waals surface area contributed by atoms with Gasteiger partial charge in [-0.05, 0) is 31.2 Å². The first-order valence-electron chi connectivity index (χ1n) is 5.81. The largest absolute Gasteiger partial charge is 0.313 e. The first-order chi connectivity index (χ1) is 8.22. The summed E-state index contributed by atoms with van der Waals surface area (Å²) in [5, 5.41) is 3.30. The molecule has 94 valence electrons. The third-order valence-corrected chi connectivity index (χ3v) is 4.58. The fraction of sp³-hybridized carbons (Fsp3) is 0.462. The maximum Gasteiger partial charge on any atom is 0.130 e. The zero-order valence-corrected chi connectivity index (χ0v) is 12.0. The Morgan fingerprint density at radius 2 is 2.00 bits per heavy atom. The van der Waals surface area contributed by atoms with E-state index in [4.69, 9.17) is 0 Å². The molecule has 1 N–H and O–H groups in total. The summed E-state index contributed by atoms with van der Waals surface area (Å²) in [6.07, 6.45) is 0.663. The van der Waals surface area contributed by atoms with Crippen molar-refractivity contribution in [3.05, 3.63) is 29.8 Å². The topological polar surface area (TPSA) is 29.1 Å². The highest BCUT2D eigenvalue weighted by molar-refractivity contribution is 8.76. The molecule has 0 aliphatic heterocycles. The van der Waals surface area contributed by atoms with Crippen molar-refractivity contribution >= 4 is 27.4 Å². The number of hydrogen-bond donors (Lipinski definition) is 1. The van der Waals surface area contributed by atoms with Gasteiger partial charge in [-0.15, -0.1) is 0 Å². The molecule has 1 aromatic carbocycles. The number of ketones is 1. The molecule has 0 atom stereocenters. The molecular formula is C13H19NOS2. The van der Waals surface area contributed by atoms with Crippen LogP contribution in [-0.2, 0) is 11.3 Å². The molecule has 0 saturated heterocycles. The van der Waals surface area contributed by atoms with Crippen LogP contribution in [0.2, 0.25) is 0 Å². The molecule has 0 unspecified atom stereocenters. The molecule has 0 aliphatic carbocycles. The lowest BCUT2D eigenvalue weighted by Crippen LogP contribution is -2.11. The summed E-state index contributed by atoms with van der Waals surface area (Å²) in [6, 6.07) is 8.57. The molecule has 0 spiro atoms. The third kappa shape index (κ3) is 6.76. The van der Waals surface area contributed by atoms with Crippen molar-refractivity contribution in [1.82, 2.24) is 5.32 Å². The Kier molecular flexibility index (Phi) is 7.40. The highest BCUT2D eigenvalue weighted by atomic mass is 33.1. The lowest BCUT2D eigenvalue weighted by atomic mass is 10.2. The summed E-state index contributed by atoms with van der Waals surface area (Å²) >= 11 is 0. The Balaban J connectivity index is 2.27. The molecule has 0 saturated carbocycles. The second-order valence-corrected chi connectivity index (χ2v) is 6.27. The van der Waals surface area contributed by atoms with Crippen molar-refractivity contribution in [3.63, 3.8) is 0 Å². The molecule has 4 heteroatoms. The summed E-state index contributed by atoms with van der Waals surface area (Å²) in [7, 11) is 3.48. The van der Waals surface area contributed by atoms with Crippen LogP contribution >= 0.6 is 21.6 Å². The van der Waals surface area contributed by atoms with Crippen LogP contribution in [0.25, 0.3) is 0 Å². The first kappa shape index (κ1) is 14.6. The van der Waals surface area contributed by atoms with Crippen LogP contribution in [0, 0.1) is 0 Å². The highest BCUT2D eigenvalue weighted by Crippen LogP contribution is 2.31. The van der Waals surface area contributed by atoms with Gasteiger partial charge in [-0.3, -0.25) is 4.79 Å². The standard InChI is InChI=1S/C13H19NOS2/c1-3-14-10-12-4-6-13(7-5-12)17-16-9-8-11(2)15/h4-7,14H,3,8-10H2,1-2H3. The van der Waals surface area contributed by atoms with E-state index in [1.54, 1.807) is 28.5 Å². The Morgan fingerprint density at radius 3 is 2.59 bits per heavy atom. The summed E-state index contributed by atoms with van der Waals surface area (Å²) in [5.74, 6) is 1.15. The van der Waals surface area contributed by atoms with E-state index in [2.05, 4.69) is 36.5 Å². The third-order valence-electron chi connectivity index (χ3n) is 2.20. The molecular weight excluding hydrogens is 250 g/mol. The van der Waals surface area contributed by atoms with Crippen LogP contribution in [0.15, 0.2) is 29.2 Å². The van der Waals surface area contributed by atoms with E-state index >= 15 is 0 Å². The summed E-state index contributed by atoms with van der Waals surface area (Å²) in [4.78, 5) is 12.0. The maximum atomic E-state index is 10.8. The van der Waals surface area contributed by atoms with Crippen molar-refractivity contribution in [1.29, 1.82) is 0 Å². The van der Waals surface area contributed by atoms with Crippen molar-refractivity contribution in [2.24, 2.45) is 0 Å².